The third-order valence-electron chi connectivity index (χ3n) is 5.79. The SMILES string of the molecule is CN(C)CCc1c(-c2[nH]c3ccc(O)c(O)c3c2CCN(C)C)[nH]c2cccc(O)c12. The molecule has 31 heavy (non-hydrogen) atoms. The first kappa shape index (κ1) is 21.1. The number of aromatic nitrogens is 2. The van der Waals surface area contributed by atoms with E-state index in [2.05, 4.69) is 19.8 Å². The lowest BCUT2D eigenvalue weighted by Crippen LogP contribution is -2.16. The highest BCUT2D eigenvalue weighted by molar-refractivity contribution is 6.00. The molecule has 2 aromatic carbocycles. The van der Waals surface area contributed by atoms with Crippen LogP contribution in [-0.2, 0) is 12.8 Å². The van der Waals surface area contributed by atoms with E-state index in [9.17, 15) is 15.3 Å². The average molecular weight is 423 g/mol. The molecular formula is C24H30N4O3. The molecule has 164 valence electrons. The zero-order valence-corrected chi connectivity index (χ0v) is 18.5. The molecule has 7 nitrogen and oxygen atoms in total. The molecule has 4 aromatic rings. The van der Waals surface area contributed by atoms with Gasteiger partial charge in [-0.15, -0.1) is 0 Å². The molecular weight excluding hydrogens is 392 g/mol. The predicted molar refractivity (Wildman–Crippen MR) is 125 cm³/mol. The number of nitrogens with one attached hydrogen (secondary N) is 2. The van der Waals surface area contributed by atoms with Gasteiger partial charge in [0.1, 0.15) is 5.75 Å². The van der Waals surface area contributed by atoms with E-state index in [1.54, 1.807) is 12.1 Å². The van der Waals surface area contributed by atoms with Crippen LogP contribution in [0.25, 0.3) is 33.2 Å². The van der Waals surface area contributed by atoms with Crippen molar-refractivity contribution in [3.8, 4) is 28.6 Å². The van der Waals surface area contributed by atoms with E-state index < -0.39 is 0 Å². The number of fused-ring (bicyclic) bond motifs is 2. The number of hydrogen-bond acceptors (Lipinski definition) is 5. The summed E-state index contributed by atoms with van der Waals surface area (Å²) in [6.45, 7) is 1.61. The minimum Gasteiger partial charge on any atom is -0.507 e. The van der Waals surface area contributed by atoms with Crippen LogP contribution in [0.5, 0.6) is 17.2 Å². The van der Waals surface area contributed by atoms with Crippen molar-refractivity contribution in [3.63, 3.8) is 0 Å². The standard InChI is InChI=1S/C24H30N4O3/c1-27(2)12-10-14-20-16(6-5-7-18(20)29)25-22(14)23-15(11-13-28(3)4)21-17(26-23)8-9-19(30)24(21)31/h5-9,25-26,29-31H,10-13H2,1-4H3. The third kappa shape index (κ3) is 3.82. The lowest BCUT2D eigenvalue weighted by Gasteiger charge is -2.13. The molecule has 4 rings (SSSR count). The van der Waals surface area contributed by atoms with Gasteiger partial charge in [0.05, 0.1) is 16.9 Å². The molecule has 0 aliphatic rings. The van der Waals surface area contributed by atoms with Crippen molar-refractivity contribution in [3.05, 3.63) is 41.5 Å². The Morgan fingerprint density at radius 3 is 1.81 bits per heavy atom. The van der Waals surface area contributed by atoms with Crippen molar-refractivity contribution in [1.82, 2.24) is 19.8 Å². The topological polar surface area (TPSA) is 98.8 Å². The van der Waals surface area contributed by atoms with Gasteiger partial charge in [-0.2, -0.15) is 0 Å². The van der Waals surface area contributed by atoms with Crippen LogP contribution in [0, 0.1) is 0 Å². The van der Waals surface area contributed by atoms with Gasteiger partial charge in [0.15, 0.2) is 11.5 Å². The molecule has 0 aliphatic heterocycles. The number of rotatable bonds is 7. The van der Waals surface area contributed by atoms with E-state index in [1.807, 2.05) is 40.3 Å². The number of aromatic amines is 2. The second kappa shape index (κ2) is 8.17. The molecule has 0 atom stereocenters. The fourth-order valence-corrected chi connectivity index (χ4v) is 4.22. The van der Waals surface area contributed by atoms with Gasteiger partial charge in [0.25, 0.3) is 0 Å². The molecule has 0 spiro atoms. The Bertz CT molecular complexity index is 1240. The first-order valence-electron chi connectivity index (χ1n) is 10.5. The predicted octanol–water partition coefficient (Wildman–Crippen LogP) is 3.64. The van der Waals surface area contributed by atoms with Gasteiger partial charge in [0.2, 0.25) is 0 Å². The lowest BCUT2D eigenvalue weighted by atomic mass is 10.00. The van der Waals surface area contributed by atoms with Crippen molar-refractivity contribution in [1.29, 1.82) is 0 Å². The summed E-state index contributed by atoms with van der Waals surface area (Å²) in [5, 5.41) is 32.9. The lowest BCUT2D eigenvalue weighted by molar-refractivity contribution is 0.406. The summed E-state index contributed by atoms with van der Waals surface area (Å²) in [7, 11) is 8.08. The number of phenols is 3. The van der Waals surface area contributed by atoms with Crippen LogP contribution in [0.1, 0.15) is 11.1 Å². The first-order valence-corrected chi connectivity index (χ1v) is 10.5. The summed E-state index contributed by atoms with van der Waals surface area (Å²) < 4.78 is 0. The molecule has 0 unspecified atom stereocenters. The van der Waals surface area contributed by atoms with Crippen molar-refractivity contribution >= 4 is 21.8 Å². The molecule has 2 heterocycles. The third-order valence-corrected chi connectivity index (χ3v) is 5.79. The maximum absolute atomic E-state index is 10.7. The summed E-state index contributed by atoms with van der Waals surface area (Å²) in [5.41, 5.74) is 5.38. The Morgan fingerprint density at radius 2 is 1.23 bits per heavy atom. The molecule has 5 N–H and O–H groups in total. The van der Waals surface area contributed by atoms with Crippen LogP contribution in [-0.4, -0.2) is 76.4 Å². The fourth-order valence-electron chi connectivity index (χ4n) is 4.22. The van der Waals surface area contributed by atoms with Crippen LogP contribution in [0.4, 0.5) is 0 Å². The number of hydrogen-bond donors (Lipinski definition) is 5. The summed E-state index contributed by atoms with van der Waals surface area (Å²) in [6.07, 6.45) is 1.44. The number of aromatic hydroxyl groups is 3. The highest BCUT2D eigenvalue weighted by atomic mass is 16.3. The van der Waals surface area contributed by atoms with Gasteiger partial charge in [0, 0.05) is 29.4 Å². The number of benzene rings is 2. The molecule has 0 fully saturated rings. The largest absolute Gasteiger partial charge is 0.507 e. The van der Waals surface area contributed by atoms with E-state index in [0.29, 0.717) is 11.8 Å². The summed E-state index contributed by atoms with van der Waals surface area (Å²) in [4.78, 5) is 11.2. The van der Waals surface area contributed by atoms with E-state index >= 15 is 0 Å². The first-order chi connectivity index (χ1) is 14.8. The number of likely N-dealkylation sites (N-methyl/N-ethyl adjacent to an activating group) is 2. The van der Waals surface area contributed by atoms with Crippen molar-refractivity contribution in [2.45, 2.75) is 12.8 Å². The van der Waals surface area contributed by atoms with Gasteiger partial charge in [-0.1, -0.05) is 6.07 Å². The molecule has 0 aliphatic carbocycles. The second-order valence-electron chi connectivity index (χ2n) is 8.62. The molecule has 0 radical (unpaired) electrons. The zero-order chi connectivity index (χ0) is 22.3. The highest BCUT2D eigenvalue weighted by Gasteiger charge is 2.23. The minimum atomic E-state index is -0.133. The zero-order valence-electron chi connectivity index (χ0n) is 18.5. The second-order valence-corrected chi connectivity index (χ2v) is 8.62. The Hall–Kier alpha value is -3.16. The highest BCUT2D eigenvalue weighted by Crippen LogP contribution is 2.43. The van der Waals surface area contributed by atoms with Crippen LogP contribution in [0.15, 0.2) is 30.3 Å². The number of nitrogens with zero attached hydrogens (tertiary/aromatic N) is 2. The van der Waals surface area contributed by atoms with Crippen molar-refractivity contribution in [2.24, 2.45) is 0 Å². The summed E-state index contributed by atoms with van der Waals surface area (Å²) in [6, 6.07) is 8.78. The smallest absolute Gasteiger partial charge is 0.167 e. The Labute approximate surface area is 181 Å². The van der Waals surface area contributed by atoms with E-state index in [1.165, 1.54) is 6.07 Å². The Morgan fingerprint density at radius 1 is 0.677 bits per heavy atom. The average Bonchev–Trinajstić information content (AvgIpc) is 3.26. The van der Waals surface area contributed by atoms with Gasteiger partial charge in [-0.05, 0) is 76.4 Å². The quantitative estimate of drug-likeness (QED) is 0.293. The minimum absolute atomic E-state index is 0.109. The molecule has 7 heteroatoms. The fraction of sp³-hybridized carbons (Fsp3) is 0.333. The molecule has 0 amide bonds. The summed E-state index contributed by atoms with van der Waals surface area (Å²) >= 11 is 0. The maximum atomic E-state index is 10.7. The summed E-state index contributed by atoms with van der Waals surface area (Å²) in [5.74, 6) is 0.00836. The van der Waals surface area contributed by atoms with Gasteiger partial charge in [-0.3, -0.25) is 0 Å². The molecule has 0 saturated carbocycles. The van der Waals surface area contributed by atoms with E-state index in [-0.39, 0.29) is 17.2 Å². The van der Waals surface area contributed by atoms with Gasteiger partial charge >= 0.3 is 0 Å². The van der Waals surface area contributed by atoms with Crippen LogP contribution >= 0.6 is 0 Å². The molecule has 0 saturated heterocycles. The van der Waals surface area contributed by atoms with Gasteiger partial charge < -0.3 is 35.1 Å². The van der Waals surface area contributed by atoms with Crippen molar-refractivity contribution < 1.29 is 15.3 Å². The normalized spacial score (nSPS) is 12.1. The van der Waals surface area contributed by atoms with Crippen LogP contribution in [0.3, 0.4) is 0 Å². The van der Waals surface area contributed by atoms with E-state index in [0.717, 1.165) is 58.4 Å². The Kier molecular flexibility index (Phi) is 5.56. The molecule has 2 aromatic heterocycles. The van der Waals surface area contributed by atoms with Crippen LogP contribution < -0.4 is 0 Å². The molecule has 0 bridgehead atoms. The van der Waals surface area contributed by atoms with E-state index in [4.69, 9.17) is 0 Å². The maximum Gasteiger partial charge on any atom is 0.167 e. The van der Waals surface area contributed by atoms with Gasteiger partial charge in [-0.25, -0.2) is 0 Å². The van der Waals surface area contributed by atoms with Crippen molar-refractivity contribution in [2.75, 3.05) is 41.3 Å². The number of phenolic OH excluding ortho intramolecular Hbond substituents is 3. The monoisotopic (exact) mass is 422 g/mol. The van der Waals surface area contributed by atoms with Crippen LogP contribution in [0.2, 0.25) is 0 Å². The number of H-pyrrole nitrogens is 2. The Balaban J connectivity index is 2.00.